The first-order chi connectivity index (χ1) is 15.2. The van der Waals surface area contributed by atoms with Crippen LogP contribution in [0.1, 0.15) is 67.9 Å². The smallest absolute Gasteiger partial charge is 0.348 e. The van der Waals surface area contributed by atoms with E-state index in [9.17, 15) is 23.2 Å². The summed E-state index contributed by atoms with van der Waals surface area (Å²) in [6.07, 6.45) is -2.86. The van der Waals surface area contributed by atoms with Gasteiger partial charge in [0.25, 0.3) is 18.1 Å². The number of nitrogens with zero attached hydrogens (tertiary/aromatic N) is 4. The summed E-state index contributed by atoms with van der Waals surface area (Å²) < 4.78 is 37.4. The fraction of sp³-hybridized carbons (Fsp3) is 0.368. The van der Waals surface area contributed by atoms with Crippen molar-refractivity contribution < 1.29 is 32.6 Å². The highest BCUT2D eigenvalue weighted by molar-refractivity contribution is 7.18. The van der Waals surface area contributed by atoms with Gasteiger partial charge in [-0.1, -0.05) is 0 Å². The van der Waals surface area contributed by atoms with E-state index in [1.54, 1.807) is 13.8 Å². The largest absolute Gasteiger partial charge is 0.462 e. The molecule has 0 saturated carbocycles. The minimum Gasteiger partial charge on any atom is -0.462 e. The first kappa shape index (κ1) is 23.2. The number of hydrogen-bond acceptors (Lipinski definition) is 9. The first-order valence-electron chi connectivity index (χ1n) is 9.49. The van der Waals surface area contributed by atoms with Gasteiger partial charge in [-0.05, 0) is 39.3 Å². The van der Waals surface area contributed by atoms with Crippen molar-refractivity contribution in [2.75, 3.05) is 18.5 Å². The van der Waals surface area contributed by atoms with Gasteiger partial charge in [-0.25, -0.2) is 23.4 Å². The van der Waals surface area contributed by atoms with Crippen LogP contribution in [0, 0.1) is 13.8 Å². The third kappa shape index (κ3) is 4.42. The van der Waals surface area contributed by atoms with Crippen LogP contribution in [0.3, 0.4) is 0 Å². The van der Waals surface area contributed by atoms with Crippen LogP contribution in [0.25, 0.3) is 5.78 Å². The van der Waals surface area contributed by atoms with Gasteiger partial charge in [0.2, 0.25) is 5.82 Å². The van der Waals surface area contributed by atoms with Crippen molar-refractivity contribution in [3.8, 4) is 0 Å². The summed E-state index contributed by atoms with van der Waals surface area (Å²) in [5.41, 5.74) is 0.0780. The lowest BCUT2D eigenvalue weighted by Gasteiger charge is -2.05. The van der Waals surface area contributed by atoms with Gasteiger partial charge in [0, 0.05) is 5.69 Å². The Kier molecular flexibility index (Phi) is 6.77. The lowest BCUT2D eigenvalue weighted by Crippen LogP contribution is -2.16. The Bertz CT molecular complexity index is 1210. The molecule has 0 aliphatic rings. The van der Waals surface area contributed by atoms with Crippen LogP contribution in [0.5, 0.6) is 0 Å². The number of aryl methyl sites for hydroxylation is 1. The lowest BCUT2D eigenvalue weighted by atomic mass is 10.1. The molecule has 1 amide bonds. The van der Waals surface area contributed by atoms with E-state index in [2.05, 4.69) is 20.4 Å². The van der Waals surface area contributed by atoms with E-state index in [0.717, 1.165) is 21.9 Å². The number of alkyl halides is 2. The predicted octanol–water partition coefficient (Wildman–Crippen LogP) is 3.35. The summed E-state index contributed by atoms with van der Waals surface area (Å²) >= 11 is 0.823. The standard InChI is InChI=1S/C19H19F2N5O5S/c1-5-30-17(28)11-9(4)12(18(29)31-6-2)32-16(11)24-15(27)14-23-19-22-8(3)7-10(13(20)21)26(19)25-14/h7,13H,5-6H2,1-4H3,(H,24,27). The van der Waals surface area contributed by atoms with Crippen LogP contribution in [0.2, 0.25) is 0 Å². The summed E-state index contributed by atoms with van der Waals surface area (Å²) in [5, 5.41) is 6.31. The second-order valence-corrected chi connectivity index (χ2v) is 7.45. The first-order valence-corrected chi connectivity index (χ1v) is 10.3. The van der Waals surface area contributed by atoms with Gasteiger partial charge >= 0.3 is 11.9 Å². The zero-order valence-electron chi connectivity index (χ0n) is 17.6. The molecule has 3 aromatic heterocycles. The van der Waals surface area contributed by atoms with Crippen molar-refractivity contribution in [2.24, 2.45) is 0 Å². The Labute approximate surface area is 184 Å². The van der Waals surface area contributed by atoms with E-state index in [0.29, 0.717) is 0 Å². The molecule has 3 aromatic rings. The van der Waals surface area contributed by atoms with Crippen LogP contribution >= 0.6 is 11.3 Å². The van der Waals surface area contributed by atoms with Crippen LogP contribution in [-0.2, 0) is 9.47 Å². The molecule has 0 aliphatic carbocycles. The SMILES string of the molecule is CCOC(=O)c1sc(NC(=O)c2nc3nc(C)cc(C(F)F)n3n2)c(C(=O)OCC)c1C. The number of esters is 2. The van der Waals surface area contributed by atoms with Gasteiger partial charge in [0.1, 0.15) is 15.6 Å². The molecule has 170 valence electrons. The van der Waals surface area contributed by atoms with E-state index in [-0.39, 0.29) is 45.7 Å². The van der Waals surface area contributed by atoms with Crippen molar-refractivity contribution >= 4 is 40.0 Å². The molecule has 0 saturated heterocycles. The zero-order chi connectivity index (χ0) is 23.6. The van der Waals surface area contributed by atoms with Gasteiger partial charge in [0.05, 0.1) is 18.8 Å². The average molecular weight is 467 g/mol. The van der Waals surface area contributed by atoms with Crippen molar-refractivity contribution in [2.45, 2.75) is 34.1 Å². The van der Waals surface area contributed by atoms with Gasteiger partial charge < -0.3 is 14.8 Å². The molecule has 3 heterocycles. The molecule has 0 spiro atoms. The molecular weight excluding hydrogens is 448 g/mol. The Morgan fingerprint density at radius 3 is 2.41 bits per heavy atom. The number of nitrogens with one attached hydrogen (secondary N) is 1. The third-order valence-corrected chi connectivity index (χ3v) is 5.40. The van der Waals surface area contributed by atoms with E-state index >= 15 is 0 Å². The molecule has 0 aliphatic heterocycles. The average Bonchev–Trinajstić information content (AvgIpc) is 3.28. The number of thiophene rings is 1. The molecule has 13 heteroatoms. The molecule has 0 bridgehead atoms. The van der Waals surface area contributed by atoms with E-state index < -0.39 is 35.8 Å². The minimum atomic E-state index is -2.86. The monoisotopic (exact) mass is 467 g/mol. The quantitative estimate of drug-likeness (QED) is 0.525. The number of anilines is 1. The summed E-state index contributed by atoms with van der Waals surface area (Å²) in [5.74, 6) is -2.90. The van der Waals surface area contributed by atoms with Gasteiger partial charge in [-0.3, -0.25) is 4.79 Å². The summed E-state index contributed by atoms with van der Waals surface area (Å²) in [4.78, 5) is 45.5. The highest BCUT2D eigenvalue weighted by atomic mass is 32.1. The maximum Gasteiger partial charge on any atom is 0.348 e. The number of halogens is 2. The fourth-order valence-electron chi connectivity index (χ4n) is 2.87. The van der Waals surface area contributed by atoms with Crippen LogP contribution in [-0.4, -0.2) is 50.6 Å². The van der Waals surface area contributed by atoms with Gasteiger partial charge in [-0.15, -0.1) is 16.4 Å². The number of carbonyl (C=O) groups excluding carboxylic acids is 3. The Morgan fingerprint density at radius 1 is 1.12 bits per heavy atom. The topological polar surface area (TPSA) is 125 Å². The van der Waals surface area contributed by atoms with Crippen molar-refractivity contribution in [1.82, 2.24) is 19.6 Å². The van der Waals surface area contributed by atoms with E-state index in [1.165, 1.54) is 13.8 Å². The second kappa shape index (κ2) is 9.34. The fourth-order valence-corrected chi connectivity index (χ4v) is 3.95. The van der Waals surface area contributed by atoms with Crippen LogP contribution < -0.4 is 5.32 Å². The molecule has 1 N–H and O–H groups in total. The van der Waals surface area contributed by atoms with E-state index in [4.69, 9.17) is 9.47 Å². The van der Waals surface area contributed by atoms with Gasteiger partial charge in [0.15, 0.2) is 0 Å². The highest BCUT2D eigenvalue weighted by Crippen LogP contribution is 2.34. The second-order valence-electron chi connectivity index (χ2n) is 6.43. The number of ether oxygens (including phenoxy) is 2. The zero-order valence-corrected chi connectivity index (χ0v) is 18.4. The minimum absolute atomic E-state index is 0.0146. The summed E-state index contributed by atoms with van der Waals surface area (Å²) in [7, 11) is 0. The normalized spacial score (nSPS) is 11.1. The molecule has 32 heavy (non-hydrogen) atoms. The summed E-state index contributed by atoms with van der Waals surface area (Å²) in [6.45, 7) is 6.48. The Hall–Kier alpha value is -3.48. The van der Waals surface area contributed by atoms with Crippen molar-refractivity contribution in [1.29, 1.82) is 0 Å². The van der Waals surface area contributed by atoms with Crippen LogP contribution in [0.4, 0.5) is 13.8 Å². The molecule has 3 rings (SSSR count). The molecule has 0 radical (unpaired) electrons. The Balaban J connectivity index is 2.01. The number of aromatic nitrogens is 4. The van der Waals surface area contributed by atoms with Crippen molar-refractivity contribution in [3.63, 3.8) is 0 Å². The maximum atomic E-state index is 13.3. The molecule has 0 atom stereocenters. The van der Waals surface area contributed by atoms with Crippen molar-refractivity contribution in [3.05, 3.63) is 39.3 Å². The third-order valence-electron chi connectivity index (χ3n) is 4.21. The molecule has 0 unspecified atom stereocenters. The molecule has 10 nitrogen and oxygen atoms in total. The number of rotatable bonds is 7. The molecular formula is C19H19F2N5O5S. The number of fused-ring (bicyclic) bond motifs is 1. The number of carbonyl (C=O) groups is 3. The highest BCUT2D eigenvalue weighted by Gasteiger charge is 2.28. The Morgan fingerprint density at radius 2 is 1.78 bits per heavy atom. The molecule has 0 aromatic carbocycles. The predicted molar refractivity (Wildman–Crippen MR) is 109 cm³/mol. The lowest BCUT2D eigenvalue weighted by molar-refractivity contribution is 0.0527. The van der Waals surface area contributed by atoms with Gasteiger partial charge in [-0.2, -0.15) is 9.50 Å². The molecule has 0 fully saturated rings. The number of hydrogen-bond donors (Lipinski definition) is 1. The van der Waals surface area contributed by atoms with E-state index in [1.807, 2.05) is 0 Å². The van der Waals surface area contributed by atoms with Crippen LogP contribution in [0.15, 0.2) is 6.07 Å². The number of amides is 1. The maximum absolute atomic E-state index is 13.3. The summed E-state index contributed by atoms with van der Waals surface area (Å²) in [6, 6.07) is 1.14.